The first-order valence-corrected chi connectivity index (χ1v) is 5.35. The summed E-state index contributed by atoms with van der Waals surface area (Å²) >= 11 is 0. The molecule has 1 aromatic heterocycles. The Bertz CT molecular complexity index is 396. The number of pyridine rings is 1. The molecule has 1 rings (SSSR count). The summed E-state index contributed by atoms with van der Waals surface area (Å²) in [6, 6.07) is 2.99. The molecule has 6 heteroatoms. The fourth-order valence-electron chi connectivity index (χ4n) is 1.19. The van der Waals surface area contributed by atoms with Crippen LogP contribution in [0.5, 0.6) is 5.88 Å². The second-order valence-electron chi connectivity index (χ2n) is 3.54. The average Bonchev–Trinajstić information content (AvgIpc) is 2.29. The van der Waals surface area contributed by atoms with Gasteiger partial charge in [-0.1, -0.05) is 0 Å². The zero-order valence-electron chi connectivity index (χ0n) is 9.97. The van der Waals surface area contributed by atoms with Crippen molar-refractivity contribution in [1.82, 2.24) is 4.98 Å². The lowest BCUT2D eigenvalue weighted by molar-refractivity contribution is 0.0636. The molecule has 4 N–H and O–H groups in total. The van der Waals surface area contributed by atoms with Gasteiger partial charge in [0.25, 0.3) is 5.91 Å². The molecular formula is C11H17N3O3. The van der Waals surface area contributed by atoms with Crippen LogP contribution in [0.4, 0.5) is 5.69 Å². The van der Waals surface area contributed by atoms with Crippen molar-refractivity contribution in [2.75, 3.05) is 18.9 Å². The predicted octanol–water partition coefficient (Wildman–Crippen LogP) is 0.567. The molecule has 0 saturated heterocycles. The molecule has 0 spiro atoms. The van der Waals surface area contributed by atoms with Gasteiger partial charge in [-0.2, -0.15) is 0 Å². The third-order valence-corrected chi connectivity index (χ3v) is 2.01. The lowest BCUT2D eigenvalue weighted by Crippen LogP contribution is -2.21. The first-order chi connectivity index (χ1) is 8.04. The van der Waals surface area contributed by atoms with Crippen molar-refractivity contribution in [2.24, 2.45) is 5.73 Å². The number of nitrogens with zero attached hydrogens (tertiary/aromatic N) is 1. The Hall–Kier alpha value is -1.82. The summed E-state index contributed by atoms with van der Waals surface area (Å²) in [4.78, 5) is 14.9. The van der Waals surface area contributed by atoms with E-state index < -0.39 is 5.91 Å². The maximum atomic E-state index is 11.0. The number of hydrogen-bond acceptors (Lipinski definition) is 5. The van der Waals surface area contributed by atoms with Gasteiger partial charge in [0.1, 0.15) is 11.8 Å². The summed E-state index contributed by atoms with van der Waals surface area (Å²) in [7, 11) is 0. The minimum Gasteiger partial charge on any atom is -0.471 e. The van der Waals surface area contributed by atoms with Gasteiger partial charge in [0.2, 0.25) is 5.88 Å². The Morgan fingerprint density at radius 3 is 2.82 bits per heavy atom. The lowest BCUT2D eigenvalue weighted by atomic mass is 10.3. The highest BCUT2D eigenvalue weighted by Crippen LogP contribution is 2.19. The van der Waals surface area contributed by atoms with E-state index in [1.807, 2.05) is 13.8 Å². The SMILES string of the molecule is CCOCC(C)Oc1nc(C(N)=O)ccc1N. The molecule has 0 aliphatic carbocycles. The first-order valence-electron chi connectivity index (χ1n) is 5.35. The molecule has 1 unspecified atom stereocenters. The number of hydrogen-bond donors (Lipinski definition) is 2. The molecule has 1 aromatic rings. The van der Waals surface area contributed by atoms with Crippen molar-refractivity contribution in [3.63, 3.8) is 0 Å². The van der Waals surface area contributed by atoms with E-state index in [1.165, 1.54) is 12.1 Å². The van der Waals surface area contributed by atoms with E-state index in [4.69, 9.17) is 20.9 Å². The number of aromatic nitrogens is 1. The summed E-state index contributed by atoms with van der Waals surface area (Å²) in [6.07, 6.45) is -0.201. The molecule has 0 aromatic carbocycles. The molecule has 0 bridgehead atoms. The van der Waals surface area contributed by atoms with Gasteiger partial charge in [-0.3, -0.25) is 4.79 Å². The van der Waals surface area contributed by atoms with Crippen LogP contribution >= 0.6 is 0 Å². The largest absolute Gasteiger partial charge is 0.471 e. The van der Waals surface area contributed by atoms with Crippen molar-refractivity contribution < 1.29 is 14.3 Å². The molecule has 0 fully saturated rings. The Balaban J connectivity index is 2.75. The normalized spacial score (nSPS) is 12.1. The Kier molecular flexibility index (Phi) is 4.71. The predicted molar refractivity (Wildman–Crippen MR) is 63.8 cm³/mol. The minimum atomic E-state index is -0.618. The number of ether oxygens (including phenoxy) is 2. The number of primary amides is 1. The van der Waals surface area contributed by atoms with Crippen LogP contribution < -0.4 is 16.2 Å². The van der Waals surface area contributed by atoms with E-state index in [0.717, 1.165) is 0 Å². The highest BCUT2D eigenvalue weighted by Gasteiger charge is 2.11. The van der Waals surface area contributed by atoms with Gasteiger partial charge < -0.3 is 20.9 Å². The van der Waals surface area contributed by atoms with Gasteiger partial charge >= 0.3 is 0 Å². The van der Waals surface area contributed by atoms with Crippen LogP contribution in [0.15, 0.2) is 12.1 Å². The third kappa shape index (κ3) is 3.92. The topological polar surface area (TPSA) is 100 Å². The summed E-state index contributed by atoms with van der Waals surface area (Å²) in [5.74, 6) is -0.416. The number of amides is 1. The van der Waals surface area contributed by atoms with Crippen molar-refractivity contribution >= 4 is 11.6 Å². The van der Waals surface area contributed by atoms with E-state index in [-0.39, 0.29) is 17.7 Å². The number of carbonyl (C=O) groups is 1. The van der Waals surface area contributed by atoms with Gasteiger partial charge in [-0.25, -0.2) is 4.98 Å². The van der Waals surface area contributed by atoms with E-state index >= 15 is 0 Å². The van der Waals surface area contributed by atoms with Crippen molar-refractivity contribution in [3.05, 3.63) is 17.8 Å². The summed E-state index contributed by atoms with van der Waals surface area (Å²) < 4.78 is 10.7. The van der Waals surface area contributed by atoms with E-state index in [0.29, 0.717) is 18.9 Å². The maximum Gasteiger partial charge on any atom is 0.267 e. The molecule has 0 aliphatic heterocycles. The Morgan fingerprint density at radius 2 is 2.24 bits per heavy atom. The monoisotopic (exact) mass is 239 g/mol. The summed E-state index contributed by atoms with van der Waals surface area (Å²) in [6.45, 7) is 4.76. The van der Waals surface area contributed by atoms with Gasteiger partial charge in [0.05, 0.1) is 12.3 Å². The maximum absolute atomic E-state index is 11.0. The van der Waals surface area contributed by atoms with E-state index in [1.54, 1.807) is 0 Å². The Labute approximate surface area is 99.9 Å². The van der Waals surface area contributed by atoms with Crippen LogP contribution in [-0.4, -0.2) is 30.2 Å². The van der Waals surface area contributed by atoms with Crippen molar-refractivity contribution in [1.29, 1.82) is 0 Å². The van der Waals surface area contributed by atoms with Gasteiger partial charge in [-0.15, -0.1) is 0 Å². The van der Waals surface area contributed by atoms with Crippen LogP contribution in [0.2, 0.25) is 0 Å². The standard InChI is InChI=1S/C11H17N3O3/c1-3-16-6-7(2)17-11-8(12)4-5-9(14-11)10(13)15/h4-5,7H,3,6,12H2,1-2H3,(H2,13,15). The van der Waals surface area contributed by atoms with Gasteiger partial charge in [0.15, 0.2) is 0 Å². The van der Waals surface area contributed by atoms with Gasteiger partial charge in [-0.05, 0) is 26.0 Å². The number of anilines is 1. The number of nitrogens with two attached hydrogens (primary N) is 2. The molecule has 1 amide bonds. The summed E-state index contributed by atoms with van der Waals surface area (Å²) in [5, 5.41) is 0. The highest BCUT2D eigenvalue weighted by molar-refractivity contribution is 5.91. The molecule has 94 valence electrons. The molecule has 6 nitrogen and oxygen atoms in total. The van der Waals surface area contributed by atoms with E-state index in [2.05, 4.69) is 4.98 Å². The number of carbonyl (C=O) groups excluding carboxylic acids is 1. The smallest absolute Gasteiger partial charge is 0.267 e. The minimum absolute atomic E-state index is 0.123. The van der Waals surface area contributed by atoms with E-state index in [9.17, 15) is 4.79 Å². The molecular weight excluding hydrogens is 222 g/mol. The second kappa shape index (κ2) is 6.05. The molecule has 0 saturated carbocycles. The zero-order chi connectivity index (χ0) is 12.8. The quantitative estimate of drug-likeness (QED) is 0.755. The van der Waals surface area contributed by atoms with Crippen LogP contribution in [0, 0.1) is 0 Å². The van der Waals surface area contributed by atoms with Gasteiger partial charge in [0, 0.05) is 6.61 Å². The van der Waals surface area contributed by atoms with Crippen LogP contribution in [0.1, 0.15) is 24.3 Å². The average molecular weight is 239 g/mol. The third-order valence-electron chi connectivity index (χ3n) is 2.01. The first kappa shape index (κ1) is 13.2. The molecule has 1 atom stereocenters. The molecule has 1 heterocycles. The van der Waals surface area contributed by atoms with Crippen LogP contribution in [-0.2, 0) is 4.74 Å². The molecule has 17 heavy (non-hydrogen) atoms. The fourth-order valence-corrected chi connectivity index (χ4v) is 1.19. The van der Waals surface area contributed by atoms with Crippen molar-refractivity contribution in [3.8, 4) is 5.88 Å². The fraction of sp³-hybridized carbons (Fsp3) is 0.455. The highest BCUT2D eigenvalue weighted by atomic mass is 16.5. The van der Waals surface area contributed by atoms with Crippen LogP contribution in [0.3, 0.4) is 0 Å². The molecule has 0 radical (unpaired) electrons. The number of nitrogen functional groups attached to an aromatic ring is 1. The van der Waals surface area contributed by atoms with Crippen molar-refractivity contribution in [2.45, 2.75) is 20.0 Å². The summed E-state index contributed by atoms with van der Waals surface area (Å²) in [5.41, 5.74) is 11.3. The molecule has 0 aliphatic rings. The number of rotatable bonds is 6. The van der Waals surface area contributed by atoms with Crippen LogP contribution in [0.25, 0.3) is 0 Å². The Morgan fingerprint density at radius 1 is 1.53 bits per heavy atom. The second-order valence-corrected chi connectivity index (χ2v) is 3.54. The zero-order valence-corrected chi connectivity index (χ0v) is 9.97. The lowest BCUT2D eigenvalue weighted by Gasteiger charge is -2.15.